The molecule has 1 unspecified atom stereocenters. The van der Waals surface area contributed by atoms with Crippen LogP contribution < -0.4 is 4.90 Å². The fourth-order valence-electron chi connectivity index (χ4n) is 2.62. The van der Waals surface area contributed by atoms with Crippen LogP contribution in [-0.4, -0.2) is 27.9 Å². The van der Waals surface area contributed by atoms with Gasteiger partial charge < -0.3 is 4.90 Å². The van der Waals surface area contributed by atoms with Crippen molar-refractivity contribution in [1.82, 2.24) is 14.8 Å². The summed E-state index contributed by atoms with van der Waals surface area (Å²) in [6.07, 6.45) is 1.15. The molecule has 2 aromatic rings. The summed E-state index contributed by atoms with van der Waals surface area (Å²) in [7, 11) is 0. The molecule has 1 fully saturated rings. The molecule has 4 nitrogen and oxygen atoms in total. The zero-order chi connectivity index (χ0) is 12.7. The van der Waals surface area contributed by atoms with Gasteiger partial charge >= 0.3 is 0 Å². The smallest absolute Gasteiger partial charge is 0.185 e. The molecular weight excluding hydrogens is 244 g/mol. The molecule has 18 heavy (non-hydrogen) atoms. The number of nitrogens with zero attached hydrogens (tertiary/aromatic N) is 4. The van der Waals surface area contributed by atoms with E-state index in [0.29, 0.717) is 6.04 Å². The van der Waals surface area contributed by atoms with Gasteiger partial charge in [-0.05, 0) is 33.3 Å². The fourth-order valence-corrected chi connectivity index (χ4v) is 3.46. The summed E-state index contributed by atoms with van der Waals surface area (Å²) in [4.78, 5) is 6.94. The highest BCUT2D eigenvalue weighted by molar-refractivity contribution is 7.13. The second kappa shape index (κ2) is 4.39. The van der Waals surface area contributed by atoms with E-state index in [1.807, 2.05) is 0 Å². The van der Waals surface area contributed by atoms with Crippen molar-refractivity contribution in [2.75, 3.05) is 18.0 Å². The highest BCUT2D eigenvalue weighted by Crippen LogP contribution is 2.29. The van der Waals surface area contributed by atoms with E-state index >= 15 is 0 Å². The van der Waals surface area contributed by atoms with E-state index in [9.17, 15) is 0 Å². The fraction of sp³-hybridized carbons (Fsp3) is 0.538. The molecule has 2 aromatic heterocycles. The first-order chi connectivity index (χ1) is 8.63. The lowest BCUT2D eigenvalue weighted by atomic mass is 10.2. The van der Waals surface area contributed by atoms with Gasteiger partial charge in [0.05, 0.1) is 17.4 Å². The molecule has 1 aliphatic heterocycles. The van der Waals surface area contributed by atoms with Gasteiger partial charge in [-0.15, -0.1) is 11.3 Å². The van der Waals surface area contributed by atoms with Crippen molar-refractivity contribution < 1.29 is 0 Å². The molecule has 1 aliphatic rings. The van der Waals surface area contributed by atoms with Crippen molar-refractivity contribution in [2.24, 2.45) is 0 Å². The lowest BCUT2D eigenvalue weighted by molar-refractivity contribution is 0.481. The minimum Gasteiger partial charge on any atom is -0.346 e. The third-order valence-corrected chi connectivity index (χ3v) is 4.45. The second-order valence-electron chi connectivity index (χ2n) is 5.03. The number of aromatic nitrogens is 3. The van der Waals surface area contributed by atoms with Gasteiger partial charge in [-0.25, -0.2) is 4.98 Å². The lowest BCUT2D eigenvalue weighted by Crippen LogP contribution is -2.21. The van der Waals surface area contributed by atoms with Gasteiger partial charge in [0.2, 0.25) is 0 Å². The summed E-state index contributed by atoms with van der Waals surface area (Å²) < 4.78 is 2.18. The zero-order valence-corrected chi connectivity index (χ0v) is 11.9. The van der Waals surface area contributed by atoms with Crippen LogP contribution in [0.4, 0.5) is 5.13 Å². The summed E-state index contributed by atoms with van der Waals surface area (Å²) in [6.45, 7) is 8.34. The van der Waals surface area contributed by atoms with Crippen molar-refractivity contribution in [3.63, 3.8) is 0 Å². The van der Waals surface area contributed by atoms with Gasteiger partial charge in [-0.2, -0.15) is 5.10 Å². The predicted octanol–water partition coefficient (Wildman–Crippen LogP) is 2.72. The van der Waals surface area contributed by atoms with Gasteiger partial charge in [0.15, 0.2) is 5.13 Å². The Bertz CT molecular complexity index is 557. The summed E-state index contributed by atoms with van der Waals surface area (Å²) in [5, 5.41) is 7.87. The Morgan fingerprint density at radius 3 is 2.72 bits per heavy atom. The van der Waals surface area contributed by atoms with Crippen LogP contribution in [0.15, 0.2) is 11.4 Å². The van der Waals surface area contributed by atoms with Crippen LogP contribution in [0.1, 0.15) is 29.5 Å². The van der Waals surface area contributed by atoms with E-state index < -0.39 is 0 Å². The van der Waals surface area contributed by atoms with Gasteiger partial charge in [0, 0.05) is 24.2 Å². The van der Waals surface area contributed by atoms with E-state index in [4.69, 9.17) is 0 Å². The Kier molecular flexibility index (Phi) is 2.86. The number of anilines is 1. The molecule has 0 radical (unpaired) electrons. The second-order valence-corrected chi connectivity index (χ2v) is 5.87. The lowest BCUT2D eigenvalue weighted by Gasteiger charge is -2.16. The molecule has 3 rings (SSSR count). The van der Waals surface area contributed by atoms with E-state index in [1.54, 1.807) is 11.3 Å². The molecular formula is C13H18N4S. The Morgan fingerprint density at radius 1 is 1.28 bits per heavy atom. The van der Waals surface area contributed by atoms with Crippen molar-refractivity contribution in [3.8, 4) is 0 Å². The van der Waals surface area contributed by atoms with Crippen molar-refractivity contribution >= 4 is 16.5 Å². The standard InChI is InChI=1S/C13H18N4S/c1-9-6-11(3)17(15-9)12-4-5-16(7-12)13-14-10(2)8-18-13/h6,8,12H,4-5,7H2,1-3H3. The third kappa shape index (κ3) is 2.03. The maximum Gasteiger partial charge on any atom is 0.185 e. The number of thiazole rings is 1. The molecule has 0 spiro atoms. The largest absolute Gasteiger partial charge is 0.346 e. The highest BCUT2D eigenvalue weighted by atomic mass is 32.1. The van der Waals surface area contributed by atoms with E-state index in [1.165, 1.54) is 5.69 Å². The van der Waals surface area contributed by atoms with E-state index in [0.717, 1.165) is 36.0 Å². The Morgan fingerprint density at radius 2 is 2.11 bits per heavy atom. The van der Waals surface area contributed by atoms with Crippen LogP contribution >= 0.6 is 11.3 Å². The summed E-state index contributed by atoms with van der Waals surface area (Å²) >= 11 is 1.74. The molecule has 1 atom stereocenters. The molecule has 0 bridgehead atoms. The molecule has 0 amide bonds. The summed E-state index contributed by atoms with van der Waals surface area (Å²) in [5.74, 6) is 0. The molecule has 0 saturated carbocycles. The van der Waals surface area contributed by atoms with E-state index in [2.05, 4.69) is 51.9 Å². The minimum absolute atomic E-state index is 0.489. The Hall–Kier alpha value is -1.36. The van der Waals surface area contributed by atoms with Crippen LogP contribution in [-0.2, 0) is 0 Å². The number of hydrogen-bond acceptors (Lipinski definition) is 4. The molecule has 0 aromatic carbocycles. The Labute approximate surface area is 111 Å². The predicted molar refractivity (Wildman–Crippen MR) is 74.4 cm³/mol. The Balaban J connectivity index is 1.77. The number of rotatable bonds is 2. The van der Waals surface area contributed by atoms with Gasteiger partial charge in [-0.3, -0.25) is 4.68 Å². The molecule has 96 valence electrons. The van der Waals surface area contributed by atoms with Crippen molar-refractivity contribution in [1.29, 1.82) is 0 Å². The highest BCUT2D eigenvalue weighted by Gasteiger charge is 2.27. The summed E-state index contributed by atoms with van der Waals surface area (Å²) in [5.41, 5.74) is 3.48. The quantitative estimate of drug-likeness (QED) is 0.834. The average molecular weight is 262 g/mol. The van der Waals surface area contributed by atoms with Crippen LogP contribution in [0.25, 0.3) is 0 Å². The maximum atomic E-state index is 4.60. The zero-order valence-electron chi connectivity index (χ0n) is 11.1. The first-order valence-corrected chi connectivity index (χ1v) is 7.21. The SMILES string of the molecule is Cc1csc(N2CCC(n3nc(C)cc3C)C2)n1. The molecule has 3 heterocycles. The maximum absolute atomic E-state index is 4.60. The van der Waals surface area contributed by atoms with Crippen molar-refractivity contribution in [3.05, 3.63) is 28.5 Å². The third-order valence-electron chi connectivity index (χ3n) is 3.43. The molecule has 1 saturated heterocycles. The van der Waals surface area contributed by atoms with Gasteiger partial charge in [-0.1, -0.05) is 0 Å². The summed E-state index contributed by atoms with van der Waals surface area (Å²) in [6, 6.07) is 2.64. The van der Waals surface area contributed by atoms with Gasteiger partial charge in [0.1, 0.15) is 0 Å². The first kappa shape index (κ1) is 11.7. The van der Waals surface area contributed by atoms with Crippen LogP contribution in [0, 0.1) is 20.8 Å². The van der Waals surface area contributed by atoms with Crippen LogP contribution in [0.2, 0.25) is 0 Å². The van der Waals surface area contributed by atoms with Crippen LogP contribution in [0.3, 0.4) is 0 Å². The monoisotopic (exact) mass is 262 g/mol. The van der Waals surface area contributed by atoms with Gasteiger partial charge in [0.25, 0.3) is 0 Å². The minimum atomic E-state index is 0.489. The topological polar surface area (TPSA) is 34.0 Å². The van der Waals surface area contributed by atoms with E-state index in [-0.39, 0.29) is 0 Å². The molecule has 0 aliphatic carbocycles. The number of hydrogen-bond donors (Lipinski definition) is 0. The normalized spacial score (nSPS) is 19.7. The first-order valence-electron chi connectivity index (χ1n) is 6.33. The number of aryl methyl sites for hydroxylation is 3. The van der Waals surface area contributed by atoms with Crippen molar-refractivity contribution in [2.45, 2.75) is 33.2 Å². The average Bonchev–Trinajstić information content (AvgIpc) is 2.98. The van der Waals surface area contributed by atoms with Crippen LogP contribution in [0.5, 0.6) is 0 Å². The molecule has 0 N–H and O–H groups in total. The molecule has 5 heteroatoms.